The first-order chi connectivity index (χ1) is 9.93. The van der Waals surface area contributed by atoms with Crippen molar-refractivity contribution in [1.82, 2.24) is 9.29 Å². The summed E-state index contributed by atoms with van der Waals surface area (Å²) in [5, 5.41) is 17.4. The van der Waals surface area contributed by atoms with Gasteiger partial charge >= 0.3 is 5.97 Å². The van der Waals surface area contributed by atoms with Crippen LogP contribution in [0.2, 0.25) is 0 Å². The fourth-order valence-corrected chi connectivity index (χ4v) is 3.76. The molecule has 1 fully saturated rings. The van der Waals surface area contributed by atoms with Crippen molar-refractivity contribution in [3.05, 3.63) is 24.0 Å². The number of piperidine rings is 1. The lowest BCUT2D eigenvalue weighted by molar-refractivity contribution is -0.138. The summed E-state index contributed by atoms with van der Waals surface area (Å²) in [4.78, 5) is 14.5. The van der Waals surface area contributed by atoms with E-state index in [9.17, 15) is 13.2 Å². The Morgan fingerprint density at radius 2 is 2.10 bits per heavy atom. The summed E-state index contributed by atoms with van der Waals surface area (Å²) in [6, 6.07) is 4.56. The van der Waals surface area contributed by atoms with Crippen molar-refractivity contribution >= 4 is 16.0 Å². The number of aromatic nitrogens is 1. The van der Waals surface area contributed by atoms with Crippen molar-refractivity contribution in [2.75, 3.05) is 13.1 Å². The molecule has 0 atom stereocenters. The number of hydrogen-bond acceptors (Lipinski definition) is 5. The van der Waals surface area contributed by atoms with Crippen LogP contribution in [0.25, 0.3) is 0 Å². The summed E-state index contributed by atoms with van der Waals surface area (Å²) in [5.41, 5.74) is 0.161. The average Bonchev–Trinajstić information content (AvgIpc) is 2.47. The van der Waals surface area contributed by atoms with Gasteiger partial charge < -0.3 is 5.11 Å². The van der Waals surface area contributed by atoms with E-state index in [1.54, 1.807) is 0 Å². The first-order valence-corrected chi connectivity index (χ1v) is 7.95. The van der Waals surface area contributed by atoms with E-state index in [2.05, 4.69) is 4.98 Å². The third kappa shape index (κ3) is 3.56. The van der Waals surface area contributed by atoms with Crippen LogP contribution in [0.5, 0.6) is 0 Å². The molecule has 0 spiro atoms. The Bertz CT molecular complexity index is 656. The van der Waals surface area contributed by atoms with E-state index in [4.69, 9.17) is 10.4 Å². The quantitative estimate of drug-likeness (QED) is 0.881. The molecule has 1 aromatic heterocycles. The van der Waals surface area contributed by atoms with E-state index < -0.39 is 16.0 Å². The summed E-state index contributed by atoms with van der Waals surface area (Å²) in [5.74, 6) is -0.833. The molecule has 0 unspecified atom stereocenters. The Kier molecular flexibility index (Phi) is 4.55. The van der Waals surface area contributed by atoms with Gasteiger partial charge in [0.2, 0.25) is 10.0 Å². The molecule has 1 aliphatic heterocycles. The highest BCUT2D eigenvalue weighted by molar-refractivity contribution is 7.89. The summed E-state index contributed by atoms with van der Waals surface area (Å²) >= 11 is 0. The fourth-order valence-electron chi connectivity index (χ4n) is 2.35. The van der Waals surface area contributed by atoms with Gasteiger partial charge in [-0.15, -0.1) is 0 Å². The van der Waals surface area contributed by atoms with Crippen molar-refractivity contribution in [1.29, 1.82) is 5.26 Å². The number of carbonyl (C=O) groups is 1. The van der Waals surface area contributed by atoms with Crippen LogP contribution in [0.3, 0.4) is 0 Å². The lowest BCUT2D eigenvalue weighted by Gasteiger charge is -2.30. The predicted molar refractivity (Wildman–Crippen MR) is 72.7 cm³/mol. The zero-order valence-electron chi connectivity index (χ0n) is 11.3. The molecular weight excluding hydrogens is 294 g/mol. The normalized spacial score (nSPS) is 17.3. The number of rotatable bonds is 4. The van der Waals surface area contributed by atoms with Gasteiger partial charge in [0.15, 0.2) is 0 Å². The number of carboxylic acid groups (broad SMARTS) is 1. The Balaban J connectivity index is 2.07. The first kappa shape index (κ1) is 15.4. The number of aliphatic carboxylic acids is 1. The lowest BCUT2D eigenvalue weighted by Crippen LogP contribution is -2.38. The smallest absolute Gasteiger partial charge is 0.303 e. The summed E-state index contributed by atoms with van der Waals surface area (Å²) in [7, 11) is -3.62. The molecule has 0 amide bonds. The highest BCUT2D eigenvalue weighted by Gasteiger charge is 2.30. The molecule has 1 aromatic rings. The van der Waals surface area contributed by atoms with Crippen molar-refractivity contribution < 1.29 is 18.3 Å². The van der Waals surface area contributed by atoms with E-state index in [0.717, 1.165) is 0 Å². The van der Waals surface area contributed by atoms with E-state index in [1.807, 2.05) is 6.07 Å². The number of nitrogens with zero attached hydrogens (tertiary/aromatic N) is 3. The van der Waals surface area contributed by atoms with Gasteiger partial charge in [-0.3, -0.25) is 4.79 Å². The number of hydrogen-bond donors (Lipinski definition) is 1. The molecule has 8 heteroatoms. The Morgan fingerprint density at radius 3 is 2.57 bits per heavy atom. The molecule has 112 valence electrons. The second-order valence-electron chi connectivity index (χ2n) is 4.94. The standard InChI is InChI=1S/C13H15N3O4S/c14-8-11-1-2-12(9-15-11)21(19,20)16-5-3-10(4-6-16)7-13(17)18/h1-2,9-10H,3-7H2,(H,17,18). The number of sulfonamides is 1. The van der Waals surface area contributed by atoms with Crippen LogP contribution >= 0.6 is 0 Å². The molecule has 7 nitrogen and oxygen atoms in total. The van der Waals surface area contributed by atoms with Crippen LogP contribution in [-0.4, -0.2) is 41.9 Å². The average molecular weight is 309 g/mol. The van der Waals surface area contributed by atoms with E-state index >= 15 is 0 Å². The van der Waals surface area contributed by atoms with Crippen LogP contribution in [-0.2, 0) is 14.8 Å². The highest BCUT2D eigenvalue weighted by atomic mass is 32.2. The molecule has 21 heavy (non-hydrogen) atoms. The molecule has 0 radical (unpaired) electrons. The zero-order chi connectivity index (χ0) is 15.5. The van der Waals surface area contributed by atoms with Gasteiger partial charge in [-0.2, -0.15) is 9.57 Å². The molecule has 1 N–H and O–H groups in total. The van der Waals surface area contributed by atoms with Crippen molar-refractivity contribution in [3.8, 4) is 6.07 Å². The maximum Gasteiger partial charge on any atom is 0.303 e. The summed E-state index contributed by atoms with van der Waals surface area (Å²) in [6.45, 7) is 0.612. The van der Waals surface area contributed by atoms with Crippen molar-refractivity contribution in [2.24, 2.45) is 5.92 Å². The van der Waals surface area contributed by atoms with Gasteiger partial charge in [0, 0.05) is 25.7 Å². The topological polar surface area (TPSA) is 111 Å². The van der Waals surface area contributed by atoms with Crippen LogP contribution in [0.4, 0.5) is 0 Å². The predicted octanol–water partition coefficient (Wildman–Crippen LogP) is 0.829. The van der Waals surface area contributed by atoms with Crippen molar-refractivity contribution in [2.45, 2.75) is 24.2 Å². The second-order valence-corrected chi connectivity index (χ2v) is 6.87. The van der Waals surface area contributed by atoms with Crippen LogP contribution in [0.1, 0.15) is 25.0 Å². The van der Waals surface area contributed by atoms with E-state index in [1.165, 1.54) is 22.6 Å². The Morgan fingerprint density at radius 1 is 1.43 bits per heavy atom. The third-order valence-electron chi connectivity index (χ3n) is 3.53. The molecule has 0 bridgehead atoms. The first-order valence-electron chi connectivity index (χ1n) is 6.51. The maximum absolute atomic E-state index is 12.4. The Labute approximate surface area is 122 Å². The molecule has 2 rings (SSSR count). The number of carboxylic acids is 1. The van der Waals surface area contributed by atoms with Gasteiger partial charge in [0.25, 0.3) is 0 Å². The van der Waals surface area contributed by atoms with Gasteiger partial charge in [-0.25, -0.2) is 13.4 Å². The molecule has 1 aliphatic rings. The molecule has 0 aromatic carbocycles. The second kappa shape index (κ2) is 6.20. The minimum Gasteiger partial charge on any atom is -0.481 e. The molecule has 2 heterocycles. The zero-order valence-corrected chi connectivity index (χ0v) is 12.1. The summed E-state index contributed by atoms with van der Waals surface area (Å²) < 4.78 is 26.1. The van der Waals surface area contributed by atoms with Gasteiger partial charge in [-0.05, 0) is 30.9 Å². The monoisotopic (exact) mass is 309 g/mol. The Hall–Kier alpha value is -1.98. The minimum absolute atomic E-state index is 0.0213. The largest absolute Gasteiger partial charge is 0.481 e. The van der Waals surface area contributed by atoms with E-state index in [-0.39, 0.29) is 22.9 Å². The van der Waals surface area contributed by atoms with Gasteiger partial charge in [-0.1, -0.05) is 0 Å². The molecule has 1 saturated heterocycles. The molecule has 0 saturated carbocycles. The fraction of sp³-hybridized carbons (Fsp3) is 0.462. The SMILES string of the molecule is N#Cc1ccc(S(=O)(=O)N2CCC(CC(=O)O)CC2)cn1. The molecule has 0 aliphatic carbocycles. The van der Waals surface area contributed by atoms with Crippen molar-refractivity contribution in [3.63, 3.8) is 0 Å². The third-order valence-corrected chi connectivity index (χ3v) is 5.41. The van der Waals surface area contributed by atoms with E-state index in [0.29, 0.717) is 25.9 Å². The van der Waals surface area contributed by atoms with Crippen LogP contribution in [0, 0.1) is 17.2 Å². The molecular formula is C13H15N3O4S. The minimum atomic E-state index is -3.62. The van der Waals surface area contributed by atoms with Gasteiger partial charge in [0.05, 0.1) is 0 Å². The van der Waals surface area contributed by atoms with Crippen LogP contribution in [0.15, 0.2) is 23.2 Å². The number of nitriles is 1. The maximum atomic E-state index is 12.4. The number of pyridine rings is 1. The summed E-state index contributed by atoms with van der Waals surface area (Å²) in [6.07, 6.45) is 2.33. The lowest BCUT2D eigenvalue weighted by atomic mass is 9.95. The highest BCUT2D eigenvalue weighted by Crippen LogP contribution is 2.25. The van der Waals surface area contributed by atoms with Crippen LogP contribution < -0.4 is 0 Å². The van der Waals surface area contributed by atoms with Gasteiger partial charge in [0.1, 0.15) is 16.7 Å².